The van der Waals surface area contributed by atoms with E-state index < -0.39 is 0 Å². The molecule has 0 saturated carbocycles. The maximum absolute atomic E-state index is 8.97. The van der Waals surface area contributed by atoms with Crippen LogP contribution >= 0.6 is 0 Å². The molecular weight excluding hydrogens is 282 g/mol. The second-order valence-electron chi connectivity index (χ2n) is 7.40. The third-order valence-corrected chi connectivity index (χ3v) is 4.81. The monoisotopic (exact) mass is 325 g/mol. The van der Waals surface area contributed by atoms with E-state index in [4.69, 9.17) is 5.21 Å². The Morgan fingerprint density at radius 3 is 1.65 bits per heavy atom. The van der Waals surface area contributed by atoms with Crippen molar-refractivity contribution < 1.29 is 5.21 Å². The first kappa shape index (κ1) is 22.5. The van der Waals surface area contributed by atoms with E-state index in [9.17, 15) is 0 Å². The Hall–Kier alpha value is -0.530. The van der Waals surface area contributed by atoms with Crippen molar-refractivity contribution >= 4 is 5.71 Å². The SMILES string of the molecule is CCCCCCCCCCCCCCC(C)CC(CCC)=NO. The lowest BCUT2D eigenvalue weighted by Gasteiger charge is -2.11. The van der Waals surface area contributed by atoms with Crippen LogP contribution in [-0.2, 0) is 0 Å². The first-order chi connectivity index (χ1) is 11.2. The predicted molar refractivity (Wildman–Crippen MR) is 104 cm³/mol. The van der Waals surface area contributed by atoms with Gasteiger partial charge in [0.05, 0.1) is 5.71 Å². The molecule has 0 fully saturated rings. The van der Waals surface area contributed by atoms with Crippen molar-refractivity contribution in [2.75, 3.05) is 0 Å². The Balaban J connectivity index is 3.29. The van der Waals surface area contributed by atoms with Crippen LogP contribution in [-0.4, -0.2) is 10.9 Å². The van der Waals surface area contributed by atoms with E-state index in [0.717, 1.165) is 25.0 Å². The van der Waals surface area contributed by atoms with E-state index in [1.165, 1.54) is 83.5 Å². The number of nitrogens with zero attached hydrogens (tertiary/aromatic N) is 1. The van der Waals surface area contributed by atoms with Gasteiger partial charge in [0.15, 0.2) is 0 Å². The summed E-state index contributed by atoms with van der Waals surface area (Å²) in [6, 6.07) is 0. The van der Waals surface area contributed by atoms with E-state index in [1.807, 2.05) is 0 Å². The molecule has 2 nitrogen and oxygen atoms in total. The fourth-order valence-electron chi connectivity index (χ4n) is 3.32. The zero-order chi connectivity index (χ0) is 17.2. The maximum atomic E-state index is 8.97. The van der Waals surface area contributed by atoms with Crippen LogP contribution in [0.1, 0.15) is 124 Å². The van der Waals surface area contributed by atoms with E-state index in [-0.39, 0.29) is 0 Å². The normalized spacial score (nSPS) is 13.4. The Morgan fingerprint density at radius 2 is 1.22 bits per heavy atom. The molecule has 0 bridgehead atoms. The number of hydrogen-bond donors (Lipinski definition) is 1. The van der Waals surface area contributed by atoms with Crippen LogP contribution in [0.3, 0.4) is 0 Å². The largest absolute Gasteiger partial charge is 0.411 e. The highest BCUT2D eigenvalue weighted by Crippen LogP contribution is 2.17. The quantitative estimate of drug-likeness (QED) is 0.126. The Kier molecular flexibility index (Phi) is 17.4. The van der Waals surface area contributed by atoms with Crippen molar-refractivity contribution in [2.45, 2.75) is 124 Å². The van der Waals surface area contributed by atoms with Crippen molar-refractivity contribution in [3.63, 3.8) is 0 Å². The third-order valence-electron chi connectivity index (χ3n) is 4.81. The molecule has 0 aromatic carbocycles. The smallest absolute Gasteiger partial charge is 0.0573 e. The molecule has 1 N–H and O–H groups in total. The summed E-state index contributed by atoms with van der Waals surface area (Å²) in [6.07, 6.45) is 21.2. The molecule has 0 aliphatic heterocycles. The van der Waals surface area contributed by atoms with Gasteiger partial charge in [0, 0.05) is 0 Å². The second kappa shape index (κ2) is 17.8. The summed E-state index contributed by atoms with van der Waals surface area (Å²) in [5, 5.41) is 12.4. The van der Waals surface area contributed by atoms with Gasteiger partial charge in [-0.1, -0.05) is 116 Å². The lowest BCUT2D eigenvalue weighted by molar-refractivity contribution is 0.314. The summed E-state index contributed by atoms with van der Waals surface area (Å²) in [5.74, 6) is 0.663. The molecule has 0 radical (unpaired) electrons. The van der Waals surface area contributed by atoms with Gasteiger partial charge in [0.25, 0.3) is 0 Å². The molecule has 0 spiro atoms. The minimum atomic E-state index is 0.663. The molecule has 2 heteroatoms. The molecule has 0 saturated heterocycles. The molecule has 0 rings (SSSR count). The van der Waals surface area contributed by atoms with Gasteiger partial charge >= 0.3 is 0 Å². The molecule has 0 aliphatic rings. The molecule has 0 heterocycles. The summed E-state index contributed by atoms with van der Waals surface area (Å²) in [7, 11) is 0. The summed E-state index contributed by atoms with van der Waals surface area (Å²) >= 11 is 0. The van der Waals surface area contributed by atoms with Crippen LogP contribution in [0.25, 0.3) is 0 Å². The average molecular weight is 326 g/mol. The lowest BCUT2D eigenvalue weighted by Crippen LogP contribution is -2.05. The van der Waals surface area contributed by atoms with Gasteiger partial charge in [0.1, 0.15) is 0 Å². The van der Waals surface area contributed by atoms with E-state index in [2.05, 4.69) is 25.9 Å². The summed E-state index contributed by atoms with van der Waals surface area (Å²) in [5.41, 5.74) is 0.985. The van der Waals surface area contributed by atoms with Crippen molar-refractivity contribution in [3.05, 3.63) is 0 Å². The highest BCUT2D eigenvalue weighted by Gasteiger charge is 2.07. The zero-order valence-electron chi connectivity index (χ0n) is 16.3. The molecule has 0 aromatic heterocycles. The van der Waals surface area contributed by atoms with Crippen LogP contribution in [0.15, 0.2) is 5.16 Å². The van der Waals surface area contributed by atoms with Crippen LogP contribution in [0.4, 0.5) is 0 Å². The lowest BCUT2D eigenvalue weighted by atomic mass is 9.95. The Morgan fingerprint density at radius 1 is 0.739 bits per heavy atom. The van der Waals surface area contributed by atoms with Crippen molar-refractivity contribution in [1.82, 2.24) is 0 Å². The maximum Gasteiger partial charge on any atom is 0.0573 e. The summed E-state index contributed by atoms with van der Waals surface area (Å²) < 4.78 is 0. The number of oxime groups is 1. The molecule has 1 unspecified atom stereocenters. The Labute approximate surface area is 146 Å². The molecule has 0 aliphatic carbocycles. The van der Waals surface area contributed by atoms with Crippen LogP contribution in [0.2, 0.25) is 0 Å². The first-order valence-electron chi connectivity index (χ1n) is 10.4. The minimum Gasteiger partial charge on any atom is -0.411 e. The van der Waals surface area contributed by atoms with Gasteiger partial charge in [-0.25, -0.2) is 0 Å². The topological polar surface area (TPSA) is 32.6 Å². The van der Waals surface area contributed by atoms with Crippen LogP contribution in [0.5, 0.6) is 0 Å². The minimum absolute atomic E-state index is 0.663. The zero-order valence-corrected chi connectivity index (χ0v) is 16.3. The number of hydrogen-bond acceptors (Lipinski definition) is 2. The highest BCUT2D eigenvalue weighted by molar-refractivity contribution is 5.83. The van der Waals surface area contributed by atoms with Gasteiger partial charge in [0.2, 0.25) is 0 Å². The average Bonchev–Trinajstić information content (AvgIpc) is 2.55. The van der Waals surface area contributed by atoms with E-state index in [1.54, 1.807) is 0 Å². The van der Waals surface area contributed by atoms with Gasteiger partial charge in [-0.15, -0.1) is 0 Å². The van der Waals surface area contributed by atoms with Crippen LogP contribution in [0, 0.1) is 5.92 Å². The van der Waals surface area contributed by atoms with E-state index >= 15 is 0 Å². The summed E-state index contributed by atoms with van der Waals surface area (Å²) in [4.78, 5) is 0. The molecule has 138 valence electrons. The molecule has 1 atom stereocenters. The van der Waals surface area contributed by atoms with Gasteiger partial charge in [-0.05, 0) is 18.8 Å². The number of unbranched alkanes of at least 4 members (excludes halogenated alkanes) is 11. The van der Waals surface area contributed by atoms with Crippen molar-refractivity contribution in [2.24, 2.45) is 11.1 Å². The number of rotatable bonds is 17. The fourth-order valence-corrected chi connectivity index (χ4v) is 3.32. The third kappa shape index (κ3) is 16.1. The molecule has 0 amide bonds. The summed E-state index contributed by atoms with van der Waals surface area (Å²) in [6.45, 7) is 6.71. The standard InChI is InChI=1S/C21H43NO/c1-4-6-7-8-9-10-11-12-13-14-15-16-18-20(3)19-21(22-23)17-5-2/h20,23H,4-19H2,1-3H3. The van der Waals surface area contributed by atoms with Crippen molar-refractivity contribution in [3.8, 4) is 0 Å². The van der Waals surface area contributed by atoms with Gasteiger partial charge < -0.3 is 5.21 Å². The van der Waals surface area contributed by atoms with Crippen molar-refractivity contribution in [1.29, 1.82) is 0 Å². The molecule has 23 heavy (non-hydrogen) atoms. The second-order valence-corrected chi connectivity index (χ2v) is 7.40. The van der Waals surface area contributed by atoms with Gasteiger partial charge in [-0.2, -0.15) is 0 Å². The van der Waals surface area contributed by atoms with Gasteiger partial charge in [-0.3, -0.25) is 0 Å². The Bertz CT molecular complexity index is 263. The predicted octanol–water partition coefficient (Wildman–Crippen LogP) is 7.73. The van der Waals surface area contributed by atoms with E-state index in [0.29, 0.717) is 5.92 Å². The fraction of sp³-hybridized carbons (Fsp3) is 0.952. The highest BCUT2D eigenvalue weighted by atomic mass is 16.4. The molecular formula is C21H43NO. The first-order valence-corrected chi connectivity index (χ1v) is 10.4. The molecule has 0 aromatic rings. The van der Waals surface area contributed by atoms with Crippen LogP contribution < -0.4 is 0 Å².